The number of nitrogens with one attached hydrogen (secondary N) is 2. The maximum Gasteiger partial charge on any atom is 0.182 e. The summed E-state index contributed by atoms with van der Waals surface area (Å²) in [6.45, 7) is 0. The molecular formula is C13H13N5O2. The number of methoxy groups -OCH3 is 2. The zero-order chi connectivity index (χ0) is 13.9. The maximum absolute atomic E-state index is 5.34. The fourth-order valence-electron chi connectivity index (χ4n) is 1.89. The number of H-pyrrole nitrogens is 1. The molecule has 3 aromatic rings. The van der Waals surface area contributed by atoms with Crippen molar-refractivity contribution in [3.8, 4) is 11.5 Å². The molecule has 3 rings (SSSR count). The van der Waals surface area contributed by atoms with E-state index in [4.69, 9.17) is 9.47 Å². The first-order valence-corrected chi connectivity index (χ1v) is 5.95. The van der Waals surface area contributed by atoms with Gasteiger partial charge in [-0.1, -0.05) is 0 Å². The standard InChI is InChI=1S/C13H13N5O2/c1-19-8-3-4-9(10(5-8)20-2)18-13-11-12(15-6-14-11)16-7-17-13/h3-7H,1-2H3,(H2,14,15,16,17,18). The van der Waals surface area contributed by atoms with Gasteiger partial charge < -0.3 is 19.8 Å². The van der Waals surface area contributed by atoms with Crippen LogP contribution in [0.1, 0.15) is 0 Å². The van der Waals surface area contributed by atoms with E-state index >= 15 is 0 Å². The first-order valence-electron chi connectivity index (χ1n) is 5.95. The number of aromatic nitrogens is 4. The second kappa shape index (κ2) is 5.04. The van der Waals surface area contributed by atoms with E-state index in [1.165, 1.54) is 6.33 Å². The summed E-state index contributed by atoms with van der Waals surface area (Å²) in [7, 11) is 3.21. The molecule has 0 unspecified atom stereocenters. The summed E-state index contributed by atoms with van der Waals surface area (Å²) in [6.07, 6.45) is 3.04. The molecule has 0 saturated heterocycles. The Hall–Kier alpha value is -2.83. The van der Waals surface area contributed by atoms with Gasteiger partial charge >= 0.3 is 0 Å². The van der Waals surface area contributed by atoms with E-state index in [0.29, 0.717) is 17.2 Å². The molecule has 1 aromatic carbocycles. The number of imidazole rings is 1. The first-order chi connectivity index (χ1) is 9.81. The summed E-state index contributed by atoms with van der Waals surface area (Å²) in [4.78, 5) is 15.4. The molecule has 0 spiro atoms. The van der Waals surface area contributed by atoms with Crippen LogP contribution in [0.3, 0.4) is 0 Å². The van der Waals surface area contributed by atoms with Crippen molar-refractivity contribution in [2.24, 2.45) is 0 Å². The summed E-state index contributed by atoms with van der Waals surface area (Å²) in [5.74, 6) is 2.02. The van der Waals surface area contributed by atoms with Crippen molar-refractivity contribution in [3.63, 3.8) is 0 Å². The molecule has 2 aromatic heterocycles. The molecule has 0 atom stereocenters. The summed E-state index contributed by atoms with van der Waals surface area (Å²) in [5, 5.41) is 3.20. The number of anilines is 2. The lowest BCUT2D eigenvalue weighted by atomic mass is 10.2. The van der Waals surface area contributed by atoms with Crippen LogP contribution in [-0.4, -0.2) is 34.2 Å². The quantitative estimate of drug-likeness (QED) is 0.756. The fraction of sp³-hybridized carbons (Fsp3) is 0.154. The minimum absolute atomic E-state index is 0.606. The second-order valence-electron chi connectivity index (χ2n) is 4.01. The molecule has 0 saturated carbocycles. The third-order valence-corrected chi connectivity index (χ3v) is 2.88. The van der Waals surface area contributed by atoms with Crippen LogP contribution in [0.25, 0.3) is 11.2 Å². The van der Waals surface area contributed by atoms with Crippen LogP contribution in [0, 0.1) is 0 Å². The summed E-state index contributed by atoms with van der Waals surface area (Å²) in [6, 6.07) is 5.51. The van der Waals surface area contributed by atoms with Crippen LogP contribution in [0.2, 0.25) is 0 Å². The van der Waals surface area contributed by atoms with Gasteiger partial charge in [0.1, 0.15) is 23.3 Å². The van der Waals surface area contributed by atoms with Crippen LogP contribution in [0.4, 0.5) is 11.5 Å². The lowest BCUT2D eigenvalue weighted by molar-refractivity contribution is 0.395. The number of hydrogen-bond acceptors (Lipinski definition) is 6. The Morgan fingerprint density at radius 1 is 1.10 bits per heavy atom. The normalized spacial score (nSPS) is 10.5. The predicted octanol–water partition coefficient (Wildman–Crippen LogP) is 2.11. The molecule has 20 heavy (non-hydrogen) atoms. The molecule has 0 amide bonds. The highest BCUT2D eigenvalue weighted by atomic mass is 16.5. The second-order valence-corrected chi connectivity index (χ2v) is 4.01. The lowest BCUT2D eigenvalue weighted by Gasteiger charge is -2.12. The predicted molar refractivity (Wildman–Crippen MR) is 74.5 cm³/mol. The Bertz CT molecular complexity index is 740. The highest BCUT2D eigenvalue weighted by molar-refractivity contribution is 5.85. The molecular weight excluding hydrogens is 258 g/mol. The number of hydrogen-bond donors (Lipinski definition) is 2. The van der Waals surface area contributed by atoms with Crippen molar-refractivity contribution < 1.29 is 9.47 Å². The molecule has 2 heterocycles. The van der Waals surface area contributed by atoms with Gasteiger partial charge in [0.2, 0.25) is 0 Å². The van der Waals surface area contributed by atoms with Crippen LogP contribution in [0.15, 0.2) is 30.9 Å². The van der Waals surface area contributed by atoms with Crippen LogP contribution < -0.4 is 14.8 Å². The van der Waals surface area contributed by atoms with Gasteiger partial charge in [0.05, 0.1) is 26.2 Å². The molecule has 7 nitrogen and oxygen atoms in total. The van der Waals surface area contributed by atoms with Crippen molar-refractivity contribution in [2.45, 2.75) is 0 Å². The highest BCUT2D eigenvalue weighted by Gasteiger charge is 2.10. The minimum atomic E-state index is 0.606. The molecule has 7 heteroatoms. The molecule has 0 bridgehead atoms. The van der Waals surface area contributed by atoms with E-state index in [2.05, 4.69) is 25.3 Å². The van der Waals surface area contributed by atoms with Crippen molar-refractivity contribution in [1.82, 2.24) is 19.9 Å². The van der Waals surface area contributed by atoms with E-state index < -0.39 is 0 Å². The molecule has 0 radical (unpaired) electrons. The maximum atomic E-state index is 5.34. The average molecular weight is 271 g/mol. The van der Waals surface area contributed by atoms with Crippen molar-refractivity contribution in [2.75, 3.05) is 19.5 Å². The smallest absolute Gasteiger partial charge is 0.182 e. The number of fused-ring (bicyclic) bond motifs is 1. The number of rotatable bonds is 4. The zero-order valence-corrected chi connectivity index (χ0v) is 11.0. The molecule has 0 aliphatic heterocycles. The van der Waals surface area contributed by atoms with Crippen LogP contribution in [0.5, 0.6) is 11.5 Å². The van der Waals surface area contributed by atoms with Crippen molar-refractivity contribution in [1.29, 1.82) is 0 Å². The van der Waals surface area contributed by atoms with Gasteiger partial charge in [-0.2, -0.15) is 0 Å². The molecule has 102 valence electrons. The van der Waals surface area contributed by atoms with E-state index in [1.807, 2.05) is 12.1 Å². The topological polar surface area (TPSA) is 85.0 Å². The van der Waals surface area contributed by atoms with E-state index in [9.17, 15) is 0 Å². The number of aromatic amines is 1. The molecule has 0 aliphatic rings. The third kappa shape index (κ3) is 2.09. The highest BCUT2D eigenvalue weighted by Crippen LogP contribution is 2.32. The average Bonchev–Trinajstić information content (AvgIpc) is 2.97. The number of nitrogens with zero attached hydrogens (tertiary/aromatic N) is 3. The Kier molecular flexibility index (Phi) is 3.08. The Balaban J connectivity index is 2.00. The monoisotopic (exact) mass is 271 g/mol. The van der Waals surface area contributed by atoms with Gasteiger partial charge in [0, 0.05) is 6.07 Å². The largest absolute Gasteiger partial charge is 0.497 e. The van der Waals surface area contributed by atoms with E-state index in [0.717, 1.165) is 17.0 Å². The van der Waals surface area contributed by atoms with Crippen LogP contribution in [-0.2, 0) is 0 Å². The van der Waals surface area contributed by atoms with Gasteiger partial charge in [-0.25, -0.2) is 15.0 Å². The Labute approximate surface area is 115 Å². The SMILES string of the molecule is COc1ccc(Nc2ncnc3nc[nH]c23)c(OC)c1. The first kappa shape index (κ1) is 12.2. The number of ether oxygens (including phenoxy) is 2. The summed E-state index contributed by atoms with van der Waals surface area (Å²) in [5.41, 5.74) is 2.13. The van der Waals surface area contributed by atoms with E-state index in [1.54, 1.807) is 26.6 Å². The molecule has 0 aliphatic carbocycles. The molecule has 2 N–H and O–H groups in total. The van der Waals surface area contributed by atoms with Crippen molar-refractivity contribution in [3.05, 3.63) is 30.9 Å². The number of benzene rings is 1. The van der Waals surface area contributed by atoms with Crippen molar-refractivity contribution >= 4 is 22.7 Å². The van der Waals surface area contributed by atoms with Gasteiger partial charge in [-0.05, 0) is 12.1 Å². The fourth-order valence-corrected chi connectivity index (χ4v) is 1.89. The minimum Gasteiger partial charge on any atom is -0.497 e. The summed E-state index contributed by atoms with van der Waals surface area (Å²) < 4.78 is 10.5. The third-order valence-electron chi connectivity index (χ3n) is 2.88. The lowest BCUT2D eigenvalue weighted by Crippen LogP contribution is -1.98. The van der Waals surface area contributed by atoms with Gasteiger partial charge in [-0.3, -0.25) is 0 Å². The molecule has 0 fully saturated rings. The van der Waals surface area contributed by atoms with Gasteiger partial charge in [0.15, 0.2) is 11.5 Å². The van der Waals surface area contributed by atoms with Gasteiger partial charge in [-0.15, -0.1) is 0 Å². The van der Waals surface area contributed by atoms with Gasteiger partial charge in [0.25, 0.3) is 0 Å². The Morgan fingerprint density at radius 3 is 2.80 bits per heavy atom. The summed E-state index contributed by atoms with van der Waals surface area (Å²) >= 11 is 0. The van der Waals surface area contributed by atoms with E-state index in [-0.39, 0.29) is 0 Å². The Morgan fingerprint density at radius 2 is 2.00 bits per heavy atom. The zero-order valence-electron chi connectivity index (χ0n) is 11.0. The van der Waals surface area contributed by atoms with Crippen LogP contribution >= 0.6 is 0 Å².